The van der Waals surface area contributed by atoms with Crippen molar-refractivity contribution in [2.24, 2.45) is 5.92 Å². The molecule has 1 aliphatic carbocycles. The highest BCUT2D eigenvalue weighted by Crippen LogP contribution is 2.29. The van der Waals surface area contributed by atoms with Crippen LogP contribution in [0.3, 0.4) is 0 Å². The number of rotatable bonds is 5. The molecule has 112 valence electrons. The molecular weight excluding hydrogens is 254 g/mol. The second-order valence-electron chi connectivity index (χ2n) is 5.74. The molecule has 1 aromatic carbocycles. The molecule has 1 fully saturated rings. The highest BCUT2D eigenvalue weighted by atomic mass is 16.5. The van der Waals surface area contributed by atoms with Gasteiger partial charge in [0.2, 0.25) is 0 Å². The quantitative estimate of drug-likeness (QED) is 0.775. The molecule has 1 atom stereocenters. The topological polar surface area (TPSA) is 61.7 Å². The van der Waals surface area contributed by atoms with Gasteiger partial charge in [-0.05, 0) is 62.8 Å². The van der Waals surface area contributed by atoms with Gasteiger partial charge in [-0.25, -0.2) is 0 Å². The first-order chi connectivity index (χ1) is 9.60. The Morgan fingerprint density at radius 1 is 1.30 bits per heavy atom. The van der Waals surface area contributed by atoms with Gasteiger partial charge in [-0.1, -0.05) is 6.07 Å². The summed E-state index contributed by atoms with van der Waals surface area (Å²) in [7, 11) is 1.56. The number of hydrogen-bond donors (Lipinski definition) is 3. The smallest absolute Gasteiger partial charge is 0.160 e. The third-order valence-corrected chi connectivity index (χ3v) is 4.23. The van der Waals surface area contributed by atoms with Gasteiger partial charge in [-0.15, -0.1) is 0 Å². The summed E-state index contributed by atoms with van der Waals surface area (Å²) in [6.07, 6.45) is 3.95. The van der Waals surface area contributed by atoms with E-state index in [0.717, 1.165) is 37.8 Å². The van der Waals surface area contributed by atoms with Crippen LogP contribution in [0.15, 0.2) is 18.2 Å². The van der Waals surface area contributed by atoms with Gasteiger partial charge in [0, 0.05) is 6.04 Å². The molecule has 0 spiro atoms. The maximum atomic E-state index is 9.61. The Bertz CT molecular complexity index is 428. The summed E-state index contributed by atoms with van der Waals surface area (Å²) in [5.41, 5.74) is 1.11. The van der Waals surface area contributed by atoms with Crippen molar-refractivity contribution in [3.05, 3.63) is 23.8 Å². The zero-order chi connectivity index (χ0) is 14.5. The van der Waals surface area contributed by atoms with Gasteiger partial charge in [-0.2, -0.15) is 0 Å². The molecule has 20 heavy (non-hydrogen) atoms. The number of aliphatic hydroxyl groups excluding tert-OH is 1. The lowest BCUT2D eigenvalue weighted by molar-refractivity contribution is 0.108. The number of aliphatic hydroxyl groups is 1. The van der Waals surface area contributed by atoms with Crippen molar-refractivity contribution in [2.45, 2.75) is 44.8 Å². The Labute approximate surface area is 120 Å². The number of phenols is 1. The van der Waals surface area contributed by atoms with Gasteiger partial charge in [0.1, 0.15) is 0 Å². The minimum Gasteiger partial charge on any atom is -0.504 e. The molecule has 3 N–H and O–H groups in total. The van der Waals surface area contributed by atoms with Gasteiger partial charge >= 0.3 is 0 Å². The summed E-state index contributed by atoms with van der Waals surface area (Å²) in [6.45, 7) is 3.08. The van der Waals surface area contributed by atoms with Crippen LogP contribution in [0.2, 0.25) is 0 Å². The largest absolute Gasteiger partial charge is 0.504 e. The number of aromatic hydroxyl groups is 1. The lowest BCUT2D eigenvalue weighted by atomic mass is 9.87. The summed E-state index contributed by atoms with van der Waals surface area (Å²) < 4.78 is 5.14. The van der Waals surface area contributed by atoms with Crippen LogP contribution in [0.1, 0.15) is 44.2 Å². The third-order valence-electron chi connectivity index (χ3n) is 4.23. The normalized spacial score (nSPS) is 24.4. The van der Waals surface area contributed by atoms with Crippen LogP contribution in [-0.2, 0) is 0 Å². The first-order valence-corrected chi connectivity index (χ1v) is 7.38. The van der Waals surface area contributed by atoms with E-state index in [1.54, 1.807) is 13.2 Å². The molecule has 0 bridgehead atoms. The monoisotopic (exact) mass is 279 g/mol. The van der Waals surface area contributed by atoms with Crippen molar-refractivity contribution >= 4 is 0 Å². The van der Waals surface area contributed by atoms with Crippen molar-refractivity contribution in [3.8, 4) is 11.5 Å². The second-order valence-corrected chi connectivity index (χ2v) is 5.74. The highest BCUT2D eigenvalue weighted by molar-refractivity contribution is 5.42. The summed E-state index contributed by atoms with van der Waals surface area (Å²) in [5.74, 6) is 1.33. The van der Waals surface area contributed by atoms with Crippen molar-refractivity contribution in [2.75, 3.05) is 13.7 Å². The fourth-order valence-corrected chi connectivity index (χ4v) is 2.77. The van der Waals surface area contributed by atoms with E-state index in [-0.39, 0.29) is 17.9 Å². The Balaban J connectivity index is 1.86. The SMILES string of the molecule is COc1cc(C(C)NCC2CCC(O)CC2)ccc1O. The van der Waals surface area contributed by atoms with Gasteiger partial charge in [0.05, 0.1) is 13.2 Å². The summed E-state index contributed by atoms with van der Waals surface area (Å²) >= 11 is 0. The van der Waals surface area contributed by atoms with Crippen molar-refractivity contribution < 1.29 is 14.9 Å². The molecule has 2 rings (SSSR count). The number of hydrogen-bond acceptors (Lipinski definition) is 4. The zero-order valence-electron chi connectivity index (χ0n) is 12.3. The number of benzene rings is 1. The minimum absolute atomic E-state index is 0.0926. The van der Waals surface area contributed by atoms with E-state index in [0.29, 0.717) is 11.7 Å². The molecule has 0 aromatic heterocycles. The van der Waals surface area contributed by atoms with Crippen molar-refractivity contribution in [1.29, 1.82) is 0 Å². The molecule has 4 nitrogen and oxygen atoms in total. The van der Waals surface area contributed by atoms with Gasteiger partial charge in [-0.3, -0.25) is 0 Å². The number of ether oxygens (including phenoxy) is 1. The van der Waals surface area contributed by atoms with E-state index in [2.05, 4.69) is 12.2 Å². The minimum atomic E-state index is -0.0926. The van der Waals surface area contributed by atoms with Crippen LogP contribution < -0.4 is 10.1 Å². The van der Waals surface area contributed by atoms with E-state index in [4.69, 9.17) is 4.74 Å². The lowest BCUT2D eigenvalue weighted by Crippen LogP contribution is -2.29. The van der Waals surface area contributed by atoms with E-state index in [1.807, 2.05) is 12.1 Å². The summed E-state index contributed by atoms with van der Waals surface area (Å²) in [5, 5.41) is 22.6. The van der Waals surface area contributed by atoms with Gasteiger partial charge < -0.3 is 20.3 Å². The number of methoxy groups -OCH3 is 1. The predicted molar refractivity (Wildman–Crippen MR) is 79.0 cm³/mol. The molecule has 0 amide bonds. The summed E-state index contributed by atoms with van der Waals surface area (Å²) in [4.78, 5) is 0. The molecular formula is C16H25NO3. The van der Waals surface area contributed by atoms with E-state index < -0.39 is 0 Å². The van der Waals surface area contributed by atoms with Crippen LogP contribution in [0.5, 0.6) is 11.5 Å². The fourth-order valence-electron chi connectivity index (χ4n) is 2.77. The van der Waals surface area contributed by atoms with Gasteiger partial charge in [0.25, 0.3) is 0 Å². The Kier molecular flexibility index (Phi) is 5.26. The summed E-state index contributed by atoms with van der Waals surface area (Å²) in [6, 6.07) is 5.68. The first-order valence-electron chi connectivity index (χ1n) is 7.38. The van der Waals surface area contributed by atoms with Crippen LogP contribution >= 0.6 is 0 Å². The zero-order valence-corrected chi connectivity index (χ0v) is 12.3. The Morgan fingerprint density at radius 2 is 2.00 bits per heavy atom. The predicted octanol–water partition coefficient (Wildman–Crippen LogP) is 2.60. The van der Waals surface area contributed by atoms with Crippen LogP contribution in [-0.4, -0.2) is 30.0 Å². The maximum Gasteiger partial charge on any atom is 0.160 e. The molecule has 0 aliphatic heterocycles. The lowest BCUT2D eigenvalue weighted by Gasteiger charge is -2.27. The molecule has 1 aliphatic rings. The molecule has 0 saturated heterocycles. The molecule has 4 heteroatoms. The van der Waals surface area contributed by atoms with E-state index in [1.165, 1.54) is 0 Å². The average Bonchev–Trinajstić information content (AvgIpc) is 2.47. The van der Waals surface area contributed by atoms with Crippen molar-refractivity contribution in [1.82, 2.24) is 5.32 Å². The molecule has 1 aromatic rings. The van der Waals surface area contributed by atoms with Crippen molar-refractivity contribution in [3.63, 3.8) is 0 Å². The second kappa shape index (κ2) is 6.95. The third kappa shape index (κ3) is 3.87. The fraction of sp³-hybridized carbons (Fsp3) is 0.625. The molecule has 1 unspecified atom stereocenters. The molecule has 1 saturated carbocycles. The molecule has 0 radical (unpaired) electrons. The Hall–Kier alpha value is -1.26. The maximum absolute atomic E-state index is 9.61. The number of nitrogens with one attached hydrogen (secondary N) is 1. The first kappa shape index (κ1) is 15.1. The van der Waals surface area contributed by atoms with Crippen LogP contribution in [0.4, 0.5) is 0 Å². The number of phenolic OH excluding ortho intramolecular Hbond substituents is 1. The van der Waals surface area contributed by atoms with E-state index in [9.17, 15) is 10.2 Å². The van der Waals surface area contributed by atoms with Crippen LogP contribution in [0, 0.1) is 5.92 Å². The van der Waals surface area contributed by atoms with Gasteiger partial charge in [0.15, 0.2) is 11.5 Å². The average molecular weight is 279 g/mol. The van der Waals surface area contributed by atoms with Crippen LogP contribution in [0.25, 0.3) is 0 Å². The standard InChI is InChI=1S/C16H25NO3/c1-11(13-5-8-15(19)16(9-13)20-2)17-10-12-3-6-14(18)7-4-12/h5,8-9,11-12,14,17-19H,3-4,6-7,10H2,1-2H3. The van der Waals surface area contributed by atoms with E-state index >= 15 is 0 Å². The Morgan fingerprint density at radius 3 is 2.65 bits per heavy atom. The highest BCUT2D eigenvalue weighted by Gasteiger charge is 2.20. The molecule has 0 heterocycles.